The van der Waals surface area contributed by atoms with E-state index in [1.807, 2.05) is 67.1 Å². The first-order chi connectivity index (χ1) is 16.3. The van der Waals surface area contributed by atoms with Crippen LogP contribution in [0.1, 0.15) is 22.8 Å². The van der Waals surface area contributed by atoms with Crippen molar-refractivity contribution in [3.63, 3.8) is 0 Å². The van der Waals surface area contributed by atoms with E-state index in [0.717, 1.165) is 21.5 Å². The summed E-state index contributed by atoms with van der Waals surface area (Å²) in [6.07, 6.45) is 0. The molecule has 1 amide bonds. The van der Waals surface area contributed by atoms with Crippen LogP contribution in [0, 0.1) is 0 Å². The molecule has 0 saturated heterocycles. The van der Waals surface area contributed by atoms with E-state index < -0.39 is 15.9 Å². The molecule has 4 aromatic rings. The first-order valence-corrected chi connectivity index (χ1v) is 13.0. The quantitative estimate of drug-likeness (QED) is 0.385. The highest BCUT2D eigenvalue weighted by Crippen LogP contribution is 2.23. The van der Waals surface area contributed by atoms with Crippen molar-refractivity contribution in [2.75, 3.05) is 13.7 Å². The third-order valence-corrected chi connectivity index (χ3v) is 8.26. The Labute approximate surface area is 202 Å². The molecule has 34 heavy (non-hydrogen) atoms. The number of hydrogen-bond donors (Lipinski definition) is 0. The number of sulfonamides is 1. The van der Waals surface area contributed by atoms with Crippen LogP contribution in [0.25, 0.3) is 10.2 Å². The molecule has 0 aliphatic carbocycles. The van der Waals surface area contributed by atoms with Gasteiger partial charge in [-0.15, -0.1) is 0 Å². The topological polar surface area (TPSA) is 81.0 Å². The van der Waals surface area contributed by atoms with Crippen molar-refractivity contribution in [2.24, 2.45) is 12.0 Å². The minimum atomic E-state index is -3.69. The van der Waals surface area contributed by atoms with Gasteiger partial charge >= 0.3 is 0 Å². The summed E-state index contributed by atoms with van der Waals surface area (Å²) in [5.41, 5.74) is 2.16. The van der Waals surface area contributed by atoms with E-state index in [0.29, 0.717) is 17.0 Å². The van der Waals surface area contributed by atoms with E-state index in [4.69, 9.17) is 4.74 Å². The van der Waals surface area contributed by atoms with Gasteiger partial charge in [0.15, 0.2) is 4.80 Å². The molecule has 0 N–H and O–H groups in total. The maximum absolute atomic E-state index is 12.9. The molecular weight excluding hydrogens is 470 g/mol. The Morgan fingerprint density at radius 1 is 1.06 bits per heavy atom. The molecule has 0 fully saturated rings. The first kappa shape index (κ1) is 23.9. The predicted molar refractivity (Wildman–Crippen MR) is 133 cm³/mol. The number of ether oxygens (including phenoxy) is 1. The van der Waals surface area contributed by atoms with Gasteiger partial charge in [0.1, 0.15) is 5.75 Å². The number of hydrogen-bond acceptors (Lipinski definition) is 5. The summed E-state index contributed by atoms with van der Waals surface area (Å²) in [5, 5.41) is 0. The molecule has 4 rings (SSSR count). The van der Waals surface area contributed by atoms with Gasteiger partial charge in [0.2, 0.25) is 10.0 Å². The van der Waals surface area contributed by atoms with Gasteiger partial charge in [-0.2, -0.15) is 9.30 Å². The Hall–Kier alpha value is -3.27. The van der Waals surface area contributed by atoms with Gasteiger partial charge in [-0.05, 0) is 55.0 Å². The van der Waals surface area contributed by atoms with Crippen LogP contribution >= 0.6 is 11.3 Å². The van der Waals surface area contributed by atoms with Crippen LogP contribution in [0.4, 0.5) is 0 Å². The molecule has 1 aromatic heterocycles. The molecule has 0 spiro atoms. The summed E-state index contributed by atoms with van der Waals surface area (Å²) in [7, 11) is -0.306. The van der Waals surface area contributed by atoms with Crippen LogP contribution in [0.5, 0.6) is 5.75 Å². The Morgan fingerprint density at radius 3 is 2.44 bits per heavy atom. The van der Waals surface area contributed by atoms with E-state index in [-0.39, 0.29) is 11.4 Å². The van der Waals surface area contributed by atoms with Crippen LogP contribution in [0.2, 0.25) is 0 Å². The summed E-state index contributed by atoms with van der Waals surface area (Å²) in [5.74, 6) is 0.331. The normalized spacial score (nSPS) is 12.4. The minimum absolute atomic E-state index is 0.123. The van der Waals surface area contributed by atoms with E-state index >= 15 is 0 Å². The maximum Gasteiger partial charge on any atom is 0.279 e. The number of aromatic nitrogens is 1. The zero-order valence-electron chi connectivity index (χ0n) is 19.1. The fraction of sp³-hybridized carbons (Fsp3) is 0.200. The van der Waals surface area contributed by atoms with Gasteiger partial charge in [-0.1, -0.05) is 41.7 Å². The number of nitrogens with zero attached hydrogens (tertiary/aromatic N) is 3. The summed E-state index contributed by atoms with van der Waals surface area (Å²) in [6.45, 7) is 2.76. The molecule has 0 atom stereocenters. The van der Waals surface area contributed by atoms with Gasteiger partial charge in [0, 0.05) is 26.2 Å². The number of benzene rings is 3. The van der Waals surface area contributed by atoms with Crippen molar-refractivity contribution in [3.05, 3.63) is 88.7 Å². The number of carbonyl (C=O) groups excluding carboxylic acids is 1. The largest absolute Gasteiger partial charge is 0.494 e. The second-order valence-corrected chi connectivity index (χ2v) is 10.7. The van der Waals surface area contributed by atoms with Crippen molar-refractivity contribution in [2.45, 2.75) is 18.4 Å². The summed E-state index contributed by atoms with van der Waals surface area (Å²) >= 11 is 1.39. The van der Waals surface area contributed by atoms with Crippen LogP contribution < -0.4 is 9.54 Å². The molecule has 0 saturated carbocycles. The standard InChI is InChI=1S/C25H25N3O4S2/c1-4-32-20-12-15-22-23(16-20)33-25(28(22)3)26-24(29)19-10-13-21(14-11-19)34(30,31)27(2)17-18-8-6-5-7-9-18/h5-16H,4,17H2,1-3H3. The van der Waals surface area contributed by atoms with E-state index in [1.165, 1.54) is 47.0 Å². The Kier molecular flexibility index (Phi) is 6.97. The van der Waals surface area contributed by atoms with Crippen molar-refractivity contribution in [1.82, 2.24) is 8.87 Å². The molecule has 1 heterocycles. The van der Waals surface area contributed by atoms with Crippen LogP contribution in [0.3, 0.4) is 0 Å². The van der Waals surface area contributed by atoms with Gasteiger partial charge < -0.3 is 9.30 Å². The number of carbonyl (C=O) groups is 1. The van der Waals surface area contributed by atoms with E-state index in [9.17, 15) is 13.2 Å². The highest BCUT2D eigenvalue weighted by Gasteiger charge is 2.21. The zero-order valence-corrected chi connectivity index (χ0v) is 20.8. The number of aryl methyl sites for hydroxylation is 1. The molecule has 7 nitrogen and oxygen atoms in total. The second-order valence-electron chi connectivity index (χ2n) is 7.69. The molecule has 3 aromatic carbocycles. The molecule has 176 valence electrons. The third kappa shape index (κ3) is 4.96. The average Bonchev–Trinajstić information content (AvgIpc) is 3.14. The fourth-order valence-electron chi connectivity index (χ4n) is 3.50. The maximum atomic E-state index is 12.9. The fourth-order valence-corrected chi connectivity index (χ4v) is 5.71. The van der Waals surface area contributed by atoms with E-state index in [2.05, 4.69) is 4.99 Å². The molecule has 0 aliphatic rings. The van der Waals surface area contributed by atoms with Crippen LogP contribution in [0.15, 0.2) is 82.7 Å². The monoisotopic (exact) mass is 495 g/mol. The lowest BCUT2D eigenvalue weighted by molar-refractivity contribution is 0.0998. The zero-order chi connectivity index (χ0) is 24.3. The lowest BCUT2D eigenvalue weighted by atomic mass is 10.2. The first-order valence-electron chi connectivity index (χ1n) is 10.7. The minimum Gasteiger partial charge on any atom is -0.494 e. The molecular formula is C25H25N3O4S2. The Morgan fingerprint density at radius 2 is 1.76 bits per heavy atom. The smallest absolute Gasteiger partial charge is 0.279 e. The highest BCUT2D eigenvalue weighted by molar-refractivity contribution is 7.89. The Balaban J connectivity index is 1.56. The van der Waals surface area contributed by atoms with Crippen molar-refractivity contribution in [1.29, 1.82) is 0 Å². The average molecular weight is 496 g/mol. The molecule has 0 unspecified atom stereocenters. The molecule has 0 bridgehead atoms. The highest BCUT2D eigenvalue weighted by atomic mass is 32.2. The molecule has 0 aliphatic heterocycles. The second kappa shape index (κ2) is 9.92. The SMILES string of the molecule is CCOc1ccc2c(c1)sc(=NC(=O)c1ccc(S(=O)(=O)N(C)Cc3ccccc3)cc1)n2C. The van der Waals surface area contributed by atoms with Crippen molar-refractivity contribution < 1.29 is 17.9 Å². The molecule has 0 radical (unpaired) electrons. The summed E-state index contributed by atoms with van der Waals surface area (Å²) < 4.78 is 35.5. The summed E-state index contributed by atoms with van der Waals surface area (Å²) in [6, 6.07) is 21.0. The summed E-state index contributed by atoms with van der Waals surface area (Å²) in [4.78, 5) is 17.7. The lowest BCUT2D eigenvalue weighted by Crippen LogP contribution is -2.26. The van der Waals surface area contributed by atoms with Gasteiger partial charge in [0.05, 0.1) is 21.7 Å². The lowest BCUT2D eigenvalue weighted by Gasteiger charge is -2.17. The van der Waals surface area contributed by atoms with Gasteiger partial charge in [0.25, 0.3) is 5.91 Å². The number of rotatable bonds is 7. The van der Waals surface area contributed by atoms with Crippen molar-refractivity contribution >= 4 is 37.5 Å². The van der Waals surface area contributed by atoms with Crippen molar-refractivity contribution in [3.8, 4) is 5.75 Å². The predicted octanol–water partition coefficient (Wildman–Crippen LogP) is 4.20. The van der Waals surface area contributed by atoms with Crippen LogP contribution in [-0.4, -0.2) is 36.9 Å². The van der Waals surface area contributed by atoms with E-state index in [1.54, 1.807) is 0 Å². The Bertz CT molecular complexity index is 1490. The molecule has 9 heteroatoms. The van der Waals surface area contributed by atoms with Crippen LogP contribution in [-0.2, 0) is 23.6 Å². The van der Waals surface area contributed by atoms with Gasteiger partial charge in [-0.25, -0.2) is 8.42 Å². The van der Waals surface area contributed by atoms with Gasteiger partial charge in [-0.3, -0.25) is 4.79 Å². The number of thiazole rings is 1. The number of amides is 1. The number of fused-ring (bicyclic) bond motifs is 1. The third-order valence-electron chi connectivity index (χ3n) is 5.35.